The van der Waals surface area contributed by atoms with Crippen LogP contribution in [-0.4, -0.2) is 57.6 Å². The first-order chi connectivity index (χ1) is 9.95. The van der Waals surface area contributed by atoms with E-state index in [-0.39, 0.29) is 12.5 Å². The number of nitrogens with one attached hydrogen (secondary N) is 1. The normalized spacial score (nSPS) is 18.6. The number of carbonyl (C=O) groups excluding carboxylic acids is 1. The second kappa shape index (κ2) is 6.57. The van der Waals surface area contributed by atoms with Crippen LogP contribution in [0.25, 0.3) is 0 Å². The highest BCUT2D eigenvalue weighted by Crippen LogP contribution is 2.10. The third kappa shape index (κ3) is 4.19. The predicted octanol–water partition coefficient (Wildman–Crippen LogP) is 0.114. The maximum Gasteiger partial charge on any atom is 0.317 e. The minimum atomic E-state index is -0.923. The van der Waals surface area contributed by atoms with Crippen LogP contribution in [-0.2, 0) is 23.1 Å². The Balaban J connectivity index is 1.85. The second-order valence-electron chi connectivity index (χ2n) is 5.11. The minimum Gasteiger partial charge on any atom is -0.481 e. The van der Waals surface area contributed by atoms with Crippen LogP contribution >= 0.6 is 0 Å². The topological polar surface area (TPSA) is 96.7 Å². The van der Waals surface area contributed by atoms with Gasteiger partial charge < -0.3 is 20.1 Å². The lowest BCUT2D eigenvalue weighted by Gasteiger charge is -2.32. The first-order valence-electron chi connectivity index (χ1n) is 6.81. The largest absolute Gasteiger partial charge is 0.481 e. The van der Waals surface area contributed by atoms with Gasteiger partial charge in [-0.25, -0.2) is 4.79 Å². The van der Waals surface area contributed by atoms with Crippen LogP contribution in [0, 0.1) is 6.92 Å². The molecule has 8 heteroatoms. The number of carboxylic acids is 1. The lowest BCUT2D eigenvalue weighted by molar-refractivity contribution is -0.141. The first kappa shape index (κ1) is 15.3. The molecule has 1 fully saturated rings. The van der Waals surface area contributed by atoms with Crippen LogP contribution in [0.2, 0.25) is 0 Å². The third-order valence-electron chi connectivity index (χ3n) is 3.37. The zero-order chi connectivity index (χ0) is 15.4. The van der Waals surface area contributed by atoms with Gasteiger partial charge in [0.25, 0.3) is 0 Å². The summed E-state index contributed by atoms with van der Waals surface area (Å²) in [6.45, 7) is 3.41. The molecule has 1 saturated heterocycles. The Hall–Kier alpha value is -2.09. The summed E-state index contributed by atoms with van der Waals surface area (Å²) in [5.41, 5.74) is 1.84. The zero-order valence-corrected chi connectivity index (χ0v) is 12.2. The predicted molar refractivity (Wildman–Crippen MR) is 73.7 cm³/mol. The molecule has 8 nitrogen and oxygen atoms in total. The summed E-state index contributed by atoms with van der Waals surface area (Å²) in [5, 5.41) is 15.8. The number of aliphatic carboxylic acids is 1. The Bertz CT molecular complexity index is 528. The molecule has 1 aliphatic rings. The average molecular weight is 296 g/mol. The van der Waals surface area contributed by atoms with Crippen molar-refractivity contribution in [3.63, 3.8) is 0 Å². The molecule has 21 heavy (non-hydrogen) atoms. The molecule has 0 bridgehead atoms. The standard InChI is InChI=1S/C13H20N4O4/c1-9-10(7-16(2)15-9)6-14-13(20)17-3-4-21-11(8-17)5-12(18)19/h7,11H,3-6,8H2,1-2H3,(H,14,20)(H,18,19). The van der Waals surface area contributed by atoms with Crippen LogP contribution in [0.5, 0.6) is 0 Å². The molecule has 2 heterocycles. The molecule has 0 radical (unpaired) electrons. The van der Waals surface area contributed by atoms with E-state index in [4.69, 9.17) is 9.84 Å². The van der Waals surface area contributed by atoms with Crippen molar-refractivity contribution in [3.8, 4) is 0 Å². The molecule has 2 N–H and O–H groups in total. The number of hydrogen-bond acceptors (Lipinski definition) is 4. The fourth-order valence-corrected chi connectivity index (χ4v) is 2.33. The molecule has 0 saturated carbocycles. The van der Waals surface area contributed by atoms with Crippen LogP contribution < -0.4 is 5.32 Å². The van der Waals surface area contributed by atoms with Gasteiger partial charge in [0.2, 0.25) is 0 Å². The molecule has 1 aliphatic heterocycles. The molecule has 0 spiro atoms. The van der Waals surface area contributed by atoms with E-state index >= 15 is 0 Å². The van der Waals surface area contributed by atoms with Crippen molar-refractivity contribution in [1.29, 1.82) is 0 Å². The Kier molecular flexibility index (Phi) is 4.79. The number of aryl methyl sites for hydroxylation is 2. The van der Waals surface area contributed by atoms with Gasteiger partial charge in [0.1, 0.15) is 0 Å². The van der Waals surface area contributed by atoms with Crippen LogP contribution in [0.1, 0.15) is 17.7 Å². The summed E-state index contributed by atoms with van der Waals surface area (Å²) in [4.78, 5) is 24.4. The molecule has 1 aromatic heterocycles. The summed E-state index contributed by atoms with van der Waals surface area (Å²) in [5.74, 6) is -0.923. The van der Waals surface area contributed by atoms with E-state index in [1.165, 1.54) is 0 Å². The van der Waals surface area contributed by atoms with E-state index in [1.807, 2.05) is 20.2 Å². The lowest BCUT2D eigenvalue weighted by Crippen LogP contribution is -2.49. The van der Waals surface area contributed by atoms with E-state index in [0.29, 0.717) is 26.2 Å². The Morgan fingerprint density at radius 1 is 1.57 bits per heavy atom. The molecule has 116 valence electrons. The highest BCUT2D eigenvalue weighted by Gasteiger charge is 2.25. The number of hydrogen-bond donors (Lipinski definition) is 2. The van der Waals surface area contributed by atoms with Gasteiger partial charge in [-0.2, -0.15) is 5.10 Å². The number of aromatic nitrogens is 2. The fraction of sp³-hybridized carbons (Fsp3) is 0.615. The molecule has 1 unspecified atom stereocenters. The summed E-state index contributed by atoms with van der Waals surface area (Å²) >= 11 is 0. The van der Waals surface area contributed by atoms with Crippen LogP contribution in [0.4, 0.5) is 4.79 Å². The Morgan fingerprint density at radius 3 is 2.95 bits per heavy atom. The van der Waals surface area contributed by atoms with Crippen molar-refractivity contribution in [2.24, 2.45) is 7.05 Å². The number of morpholine rings is 1. The number of nitrogens with zero attached hydrogens (tertiary/aromatic N) is 3. The average Bonchev–Trinajstić information content (AvgIpc) is 2.74. The Morgan fingerprint density at radius 2 is 2.33 bits per heavy atom. The van der Waals surface area contributed by atoms with E-state index < -0.39 is 12.1 Å². The van der Waals surface area contributed by atoms with Crippen LogP contribution in [0.3, 0.4) is 0 Å². The van der Waals surface area contributed by atoms with E-state index in [0.717, 1.165) is 11.3 Å². The lowest BCUT2D eigenvalue weighted by atomic mass is 10.2. The minimum absolute atomic E-state index is 0.0918. The summed E-state index contributed by atoms with van der Waals surface area (Å²) in [6.07, 6.45) is 1.33. The molecule has 2 amide bonds. The van der Waals surface area contributed by atoms with E-state index in [1.54, 1.807) is 9.58 Å². The van der Waals surface area contributed by atoms with E-state index in [2.05, 4.69) is 10.4 Å². The molecule has 1 atom stereocenters. The number of ether oxygens (including phenoxy) is 1. The van der Waals surface area contributed by atoms with Gasteiger partial charge in [-0.15, -0.1) is 0 Å². The SMILES string of the molecule is Cc1nn(C)cc1CNC(=O)N1CCOC(CC(=O)O)C1. The molecule has 0 aliphatic carbocycles. The van der Waals surface area contributed by atoms with Crippen LogP contribution in [0.15, 0.2) is 6.20 Å². The van der Waals surface area contributed by atoms with Crippen molar-refractivity contribution in [2.75, 3.05) is 19.7 Å². The second-order valence-corrected chi connectivity index (χ2v) is 5.11. The number of amides is 2. The molecule has 0 aromatic carbocycles. The molecule has 2 rings (SSSR count). The molecular formula is C13H20N4O4. The van der Waals surface area contributed by atoms with Gasteiger partial charge in [-0.3, -0.25) is 9.48 Å². The van der Waals surface area contributed by atoms with Gasteiger partial charge in [-0.05, 0) is 6.92 Å². The fourth-order valence-electron chi connectivity index (χ4n) is 2.33. The van der Waals surface area contributed by atoms with Crippen molar-refractivity contribution in [2.45, 2.75) is 26.0 Å². The highest BCUT2D eigenvalue weighted by molar-refractivity contribution is 5.74. The van der Waals surface area contributed by atoms with Crippen molar-refractivity contribution in [1.82, 2.24) is 20.0 Å². The van der Waals surface area contributed by atoms with Crippen molar-refractivity contribution in [3.05, 3.63) is 17.5 Å². The maximum atomic E-state index is 12.1. The van der Waals surface area contributed by atoms with Crippen molar-refractivity contribution >= 4 is 12.0 Å². The summed E-state index contributed by atoms with van der Waals surface area (Å²) < 4.78 is 7.04. The van der Waals surface area contributed by atoms with Gasteiger partial charge in [-0.1, -0.05) is 0 Å². The number of rotatable bonds is 4. The molecular weight excluding hydrogens is 276 g/mol. The monoisotopic (exact) mass is 296 g/mol. The summed E-state index contributed by atoms with van der Waals surface area (Å²) in [6, 6.07) is -0.211. The number of urea groups is 1. The first-order valence-corrected chi connectivity index (χ1v) is 6.81. The third-order valence-corrected chi connectivity index (χ3v) is 3.37. The van der Waals surface area contributed by atoms with E-state index in [9.17, 15) is 9.59 Å². The maximum absolute atomic E-state index is 12.1. The quantitative estimate of drug-likeness (QED) is 0.822. The molecule has 1 aromatic rings. The smallest absolute Gasteiger partial charge is 0.317 e. The van der Waals surface area contributed by atoms with Gasteiger partial charge >= 0.3 is 12.0 Å². The summed E-state index contributed by atoms with van der Waals surface area (Å²) in [7, 11) is 1.83. The number of carboxylic acid groups (broad SMARTS) is 1. The highest BCUT2D eigenvalue weighted by atomic mass is 16.5. The van der Waals surface area contributed by atoms with Gasteiger partial charge in [0, 0.05) is 38.4 Å². The number of carbonyl (C=O) groups is 2. The van der Waals surface area contributed by atoms with Crippen molar-refractivity contribution < 1.29 is 19.4 Å². The Labute approximate surface area is 122 Å². The van der Waals surface area contributed by atoms with Gasteiger partial charge in [0.05, 0.1) is 24.8 Å². The van der Waals surface area contributed by atoms with Gasteiger partial charge in [0.15, 0.2) is 0 Å². The zero-order valence-electron chi connectivity index (χ0n) is 12.2.